The van der Waals surface area contributed by atoms with Gasteiger partial charge in [-0.1, -0.05) is 0 Å². The Morgan fingerprint density at radius 3 is 2.94 bits per heavy atom. The molecule has 0 radical (unpaired) electrons. The molecule has 0 aliphatic carbocycles. The smallest absolute Gasteiger partial charge is 0.225 e. The van der Waals surface area contributed by atoms with Crippen LogP contribution in [0.1, 0.15) is 29.8 Å². The van der Waals surface area contributed by atoms with Crippen LogP contribution in [0.25, 0.3) is 0 Å². The second-order valence-corrected chi connectivity index (χ2v) is 5.52. The number of rotatable bonds is 6. The molecule has 17 heavy (non-hydrogen) atoms. The van der Waals surface area contributed by atoms with E-state index in [1.54, 1.807) is 0 Å². The fourth-order valence-electron chi connectivity index (χ4n) is 1.39. The van der Waals surface area contributed by atoms with Crippen molar-refractivity contribution in [2.45, 2.75) is 32.6 Å². The number of thiazole rings is 1. The third-order valence-electron chi connectivity index (χ3n) is 2.31. The molecular formula is C12H16N2OS2. The zero-order chi connectivity index (χ0) is 12.7. The first-order valence-electron chi connectivity index (χ1n) is 5.52. The van der Waals surface area contributed by atoms with E-state index >= 15 is 0 Å². The lowest BCUT2D eigenvalue weighted by Crippen LogP contribution is -2.25. The second-order valence-electron chi connectivity index (χ2n) is 3.75. The maximum atomic E-state index is 11.6. The first-order chi connectivity index (χ1) is 8.13. The van der Waals surface area contributed by atoms with Gasteiger partial charge in [0.25, 0.3) is 0 Å². The summed E-state index contributed by atoms with van der Waals surface area (Å²) < 4.78 is 0.722. The highest BCUT2D eigenvalue weighted by atomic mass is 32.1. The molecule has 0 unspecified atom stereocenters. The largest absolute Gasteiger partial charge is 0.356 e. The van der Waals surface area contributed by atoms with E-state index in [0.29, 0.717) is 13.0 Å². The highest BCUT2D eigenvalue weighted by Gasteiger charge is 2.07. The average molecular weight is 268 g/mol. The zero-order valence-electron chi connectivity index (χ0n) is 9.84. The summed E-state index contributed by atoms with van der Waals surface area (Å²) in [4.78, 5) is 15.7. The number of unbranched alkanes of at least 4 members (excludes halogenated alkanes) is 2. The van der Waals surface area contributed by atoms with Crippen LogP contribution in [-0.4, -0.2) is 17.4 Å². The van der Waals surface area contributed by atoms with Gasteiger partial charge in [-0.05, 0) is 32.0 Å². The molecule has 1 heterocycles. The van der Waals surface area contributed by atoms with Crippen molar-refractivity contribution in [3.63, 3.8) is 0 Å². The van der Waals surface area contributed by atoms with Gasteiger partial charge in [-0.2, -0.15) is 0 Å². The summed E-state index contributed by atoms with van der Waals surface area (Å²) in [6, 6.07) is 0. The number of nitrogens with one attached hydrogen (secondary N) is 2. The van der Waals surface area contributed by atoms with Gasteiger partial charge in [0.1, 0.15) is 0 Å². The Balaban J connectivity index is 2.28. The van der Waals surface area contributed by atoms with E-state index in [1.807, 2.05) is 6.92 Å². The first-order valence-corrected chi connectivity index (χ1v) is 6.74. The van der Waals surface area contributed by atoms with Gasteiger partial charge in [0, 0.05) is 23.5 Å². The minimum Gasteiger partial charge on any atom is -0.356 e. The maximum Gasteiger partial charge on any atom is 0.225 e. The Labute approximate surface area is 111 Å². The van der Waals surface area contributed by atoms with Crippen LogP contribution >= 0.6 is 23.6 Å². The van der Waals surface area contributed by atoms with E-state index in [2.05, 4.69) is 16.2 Å². The minimum atomic E-state index is 0.0408. The van der Waals surface area contributed by atoms with E-state index in [0.717, 1.165) is 33.8 Å². The highest BCUT2D eigenvalue weighted by molar-refractivity contribution is 7.73. The molecule has 1 amide bonds. The molecule has 1 aromatic heterocycles. The fourth-order valence-corrected chi connectivity index (χ4v) is 2.68. The van der Waals surface area contributed by atoms with Gasteiger partial charge in [0.15, 0.2) is 3.95 Å². The Kier molecular flexibility index (Phi) is 5.95. The lowest BCUT2D eigenvalue weighted by Gasteiger charge is -2.03. The fraction of sp³-hybridized carbons (Fsp3) is 0.500. The molecule has 3 nitrogen and oxygen atoms in total. The van der Waals surface area contributed by atoms with Crippen LogP contribution in [0.5, 0.6) is 0 Å². The lowest BCUT2D eigenvalue weighted by molar-refractivity contribution is -0.120. The van der Waals surface area contributed by atoms with Crippen molar-refractivity contribution in [3.05, 3.63) is 14.5 Å². The van der Waals surface area contributed by atoms with E-state index in [-0.39, 0.29) is 5.91 Å². The summed E-state index contributed by atoms with van der Waals surface area (Å²) in [6.45, 7) is 2.62. The number of hydrogen-bond acceptors (Lipinski definition) is 3. The van der Waals surface area contributed by atoms with Crippen molar-refractivity contribution in [1.82, 2.24) is 10.3 Å². The molecule has 0 spiro atoms. The molecule has 0 saturated heterocycles. The van der Waals surface area contributed by atoms with Gasteiger partial charge in [-0.15, -0.1) is 23.7 Å². The summed E-state index contributed by atoms with van der Waals surface area (Å²) in [5.41, 5.74) is 0.988. The normalized spacial score (nSPS) is 9.88. The Morgan fingerprint density at radius 1 is 1.59 bits per heavy atom. The van der Waals surface area contributed by atoms with Crippen LogP contribution in [0.2, 0.25) is 0 Å². The van der Waals surface area contributed by atoms with Gasteiger partial charge < -0.3 is 10.3 Å². The topological polar surface area (TPSA) is 44.9 Å². The molecule has 0 atom stereocenters. The van der Waals surface area contributed by atoms with E-state index in [1.165, 1.54) is 11.3 Å². The minimum absolute atomic E-state index is 0.0408. The SMILES string of the molecule is C#CCCCCNC(=O)Cc1sc(=S)[nH]c1C. The Hall–Kier alpha value is -1.12. The number of carbonyl (C=O) groups excluding carboxylic acids is 1. The van der Waals surface area contributed by atoms with Crippen LogP contribution in [0.3, 0.4) is 0 Å². The van der Waals surface area contributed by atoms with Crippen molar-refractivity contribution in [2.75, 3.05) is 6.54 Å². The number of carbonyl (C=O) groups is 1. The predicted molar refractivity (Wildman–Crippen MR) is 73.6 cm³/mol. The first kappa shape index (κ1) is 13.9. The molecule has 0 bridgehead atoms. The van der Waals surface area contributed by atoms with E-state index < -0.39 is 0 Å². The third kappa shape index (κ3) is 5.16. The van der Waals surface area contributed by atoms with Crippen molar-refractivity contribution >= 4 is 29.5 Å². The van der Waals surface area contributed by atoms with Gasteiger partial charge in [0.2, 0.25) is 5.91 Å². The van der Waals surface area contributed by atoms with Gasteiger partial charge in [-0.25, -0.2) is 0 Å². The molecule has 0 saturated carbocycles. The number of hydrogen-bond donors (Lipinski definition) is 2. The summed E-state index contributed by atoms with van der Waals surface area (Å²) in [5.74, 6) is 2.62. The molecule has 5 heteroatoms. The third-order valence-corrected chi connectivity index (χ3v) is 3.65. The second kappa shape index (κ2) is 7.25. The van der Waals surface area contributed by atoms with Gasteiger partial charge in [0.05, 0.1) is 6.42 Å². The van der Waals surface area contributed by atoms with Crippen LogP contribution in [0.15, 0.2) is 0 Å². The molecular weight excluding hydrogens is 252 g/mol. The summed E-state index contributed by atoms with van der Waals surface area (Å²) in [5, 5.41) is 2.88. The number of aryl methyl sites for hydroxylation is 1. The summed E-state index contributed by atoms with van der Waals surface area (Å²) in [7, 11) is 0. The lowest BCUT2D eigenvalue weighted by atomic mass is 10.2. The van der Waals surface area contributed by atoms with Crippen LogP contribution in [-0.2, 0) is 11.2 Å². The van der Waals surface area contributed by atoms with E-state index in [9.17, 15) is 4.79 Å². The predicted octanol–water partition coefficient (Wildman–Crippen LogP) is 2.58. The van der Waals surface area contributed by atoms with Crippen LogP contribution < -0.4 is 5.32 Å². The maximum absolute atomic E-state index is 11.6. The summed E-state index contributed by atoms with van der Waals surface area (Å²) >= 11 is 6.48. The Morgan fingerprint density at radius 2 is 2.35 bits per heavy atom. The van der Waals surface area contributed by atoms with Crippen molar-refractivity contribution in [1.29, 1.82) is 0 Å². The molecule has 0 aliphatic heterocycles. The van der Waals surface area contributed by atoms with Crippen LogP contribution in [0, 0.1) is 23.2 Å². The monoisotopic (exact) mass is 268 g/mol. The van der Waals surface area contributed by atoms with Gasteiger partial charge >= 0.3 is 0 Å². The molecule has 2 N–H and O–H groups in total. The molecule has 0 aromatic carbocycles. The number of amides is 1. The van der Waals surface area contributed by atoms with E-state index in [4.69, 9.17) is 18.6 Å². The Bertz CT molecular complexity index is 468. The molecule has 0 fully saturated rings. The molecule has 92 valence electrons. The standard InChI is InChI=1S/C12H16N2OS2/c1-3-4-5-6-7-13-11(15)8-10-9(2)14-12(16)17-10/h1H,4-8H2,2H3,(H,13,15)(H,14,16). The molecule has 1 rings (SSSR count). The quantitative estimate of drug-likeness (QED) is 0.473. The van der Waals surface area contributed by atoms with Crippen molar-refractivity contribution < 1.29 is 4.79 Å². The number of terminal acetylenes is 1. The number of aromatic nitrogens is 1. The van der Waals surface area contributed by atoms with Crippen molar-refractivity contribution in [3.8, 4) is 12.3 Å². The van der Waals surface area contributed by atoms with Gasteiger partial charge in [-0.3, -0.25) is 4.79 Å². The van der Waals surface area contributed by atoms with Crippen molar-refractivity contribution in [2.24, 2.45) is 0 Å². The molecule has 1 aromatic rings. The zero-order valence-corrected chi connectivity index (χ0v) is 11.5. The molecule has 0 aliphatic rings. The highest BCUT2D eigenvalue weighted by Crippen LogP contribution is 2.14. The average Bonchev–Trinajstić information content (AvgIpc) is 2.57. The number of H-pyrrole nitrogens is 1. The number of aromatic amines is 1. The summed E-state index contributed by atoms with van der Waals surface area (Å²) in [6.07, 6.45) is 8.20. The van der Waals surface area contributed by atoms with Crippen LogP contribution in [0.4, 0.5) is 0 Å².